The average molecular weight is 273 g/mol. The van der Waals surface area contributed by atoms with Crippen molar-refractivity contribution in [3.05, 3.63) is 23.9 Å². The molecule has 20 heavy (non-hydrogen) atoms. The molecule has 1 aliphatic heterocycles. The van der Waals surface area contributed by atoms with Crippen LogP contribution in [0.1, 0.15) is 57.1 Å². The Labute approximate surface area is 122 Å². The first-order valence-corrected chi connectivity index (χ1v) is 8.20. The molecular weight excluding hydrogens is 246 g/mol. The third-order valence-corrected chi connectivity index (χ3v) is 5.23. The van der Waals surface area contributed by atoms with Crippen molar-refractivity contribution in [1.82, 2.24) is 10.3 Å². The number of anilines is 1. The van der Waals surface area contributed by atoms with Gasteiger partial charge in [0.15, 0.2) is 0 Å². The van der Waals surface area contributed by atoms with Gasteiger partial charge < -0.3 is 10.2 Å². The molecule has 1 aromatic rings. The van der Waals surface area contributed by atoms with Crippen molar-refractivity contribution in [1.29, 1.82) is 0 Å². The number of aromatic nitrogens is 1. The first kappa shape index (κ1) is 13.9. The van der Waals surface area contributed by atoms with Gasteiger partial charge in [0.1, 0.15) is 5.82 Å². The second-order valence-corrected chi connectivity index (χ2v) is 6.37. The number of nitrogens with zero attached hydrogens (tertiary/aromatic N) is 2. The number of pyridine rings is 1. The molecular formula is C17H27N3. The van der Waals surface area contributed by atoms with Crippen LogP contribution in [0.25, 0.3) is 0 Å². The smallest absolute Gasteiger partial charge is 0.133 e. The van der Waals surface area contributed by atoms with Gasteiger partial charge in [-0.2, -0.15) is 0 Å². The van der Waals surface area contributed by atoms with Gasteiger partial charge in [0.25, 0.3) is 0 Å². The van der Waals surface area contributed by atoms with Crippen molar-refractivity contribution < 1.29 is 0 Å². The van der Waals surface area contributed by atoms with Crippen LogP contribution in [0, 0.1) is 5.92 Å². The van der Waals surface area contributed by atoms with Gasteiger partial charge in [-0.05, 0) is 51.6 Å². The molecule has 2 aliphatic rings. The minimum atomic E-state index is 0.364. The summed E-state index contributed by atoms with van der Waals surface area (Å²) in [5.41, 5.74) is 1.35. The van der Waals surface area contributed by atoms with Gasteiger partial charge in [0, 0.05) is 30.4 Å². The summed E-state index contributed by atoms with van der Waals surface area (Å²) in [5, 5.41) is 3.36. The van der Waals surface area contributed by atoms with E-state index in [0.29, 0.717) is 6.04 Å². The maximum absolute atomic E-state index is 4.74. The van der Waals surface area contributed by atoms with E-state index in [2.05, 4.69) is 29.3 Å². The molecule has 2 atom stereocenters. The van der Waals surface area contributed by atoms with Crippen LogP contribution in [-0.4, -0.2) is 24.6 Å². The van der Waals surface area contributed by atoms with E-state index in [1.807, 2.05) is 13.2 Å². The highest BCUT2D eigenvalue weighted by Gasteiger charge is 2.35. The largest absolute Gasteiger partial charge is 0.353 e. The fraction of sp³-hybridized carbons (Fsp3) is 0.706. The van der Waals surface area contributed by atoms with E-state index in [-0.39, 0.29) is 0 Å². The van der Waals surface area contributed by atoms with Crippen molar-refractivity contribution in [2.75, 3.05) is 18.5 Å². The minimum absolute atomic E-state index is 0.364. The van der Waals surface area contributed by atoms with Crippen molar-refractivity contribution in [2.24, 2.45) is 5.92 Å². The predicted molar refractivity (Wildman–Crippen MR) is 84.0 cm³/mol. The molecule has 1 saturated carbocycles. The van der Waals surface area contributed by atoms with Gasteiger partial charge >= 0.3 is 0 Å². The molecule has 0 spiro atoms. The molecule has 1 N–H and O–H groups in total. The average Bonchev–Trinajstić information content (AvgIpc) is 3.16. The number of nitrogens with one attached hydrogen (secondary N) is 1. The number of hydrogen-bond acceptors (Lipinski definition) is 3. The van der Waals surface area contributed by atoms with E-state index in [9.17, 15) is 0 Å². The highest BCUT2D eigenvalue weighted by Crippen LogP contribution is 2.38. The zero-order chi connectivity index (χ0) is 13.9. The summed E-state index contributed by atoms with van der Waals surface area (Å²) in [7, 11) is 2.03. The summed E-state index contributed by atoms with van der Waals surface area (Å²) >= 11 is 0. The van der Waals surface area contributed by atoms with Crippen molar-refractivity contribution >= 4 is 5.82 Å². The Balaban J connectivity index is 1.87. The number of hydrogen-bond donors (Lipinski definition) is 1. The molecule has 1 saturated heterocycles. The molecule has 0 radical (unpaired) electrons. The lowest BCUT2D eigenvalue weighted by Gasteiger charge is -2.32. The van der Waals surface area contributed by atoms with Crippen LogP contribution in [0.5, 0.6) is 0 Å². The first-order valence-electron chi connectivity index (χ1n) is 8.20. The topological polar surface area (TPSA) is 28.2 Å². The van der Waals surface area contributed by atoms with Crippen LogP contribution in [-0.2, 0) is 0 Å². The van der Waals surface area contributed by atoms with Gasteiger partial charge in [-0.25, -0.2) is 4.98 Å². The summed E-state index contributed by atoms with van der Waals surface area (Å²) in [5.74, 6) is 2.13. The SMILES string of the molecule is CNC(C)c1cccnc1N1CCCC1C1CCCC1. The maximum Gasteiger partial charge on any atom is 0.133 e. The Kier molecular flexibility index (Phi) is 4.25. The predicted octanol–water partition coefficient (Wildman–Crippen LogP) is 3.52. The molecule has 3 heteroatoms. The summed E-state index contributed by atoms with van der Waals surface area (Å²) < 4.78 is 0. The highest BCUT2D eigenvalue weighted by molar-refractivity contribution is 5.50. The summed E-state index contributed by atoms with van der Waals surface area (Å²) in [6.07, 6.45) is 10.3. The molecule has 0 amide bonds. The molecule has 0 aromatic carbocycles. The Morgan fingerprint density at radius 1 is 1.25 bits per heavy atom. The highest BCUT2D eigenvalue weighted by atomic mass is 15.2. The molecule has 2 unspecified atom stereocenters. The van der Waals surface area contributed by atoms with Crippen molar-refractivity contribution in [3.63, 3.8) is 0 Å². The summed E-state index contributed by atoms with van der Waals surface area (Å²) in [6.45, 7) is 3.41. The maximum atomic E-state index is 4.74. The van der Waals surface area contributed by atoms with Crippen LogP contribution in [0.4, 0.5) is 5.82 Å². The molecule has 2 heterocycles. The Morgan fingerprint density at radius 3 is 2.80 bits per heavy atom. The lowest BCUT2D eigenvalue weighted by Crippen LogP contribution is -2.36. The van der Waals surface area contributed by atoms with Crippen molar-refractivity contribution in [3.8, 4) is 0 Å². The molecule has 110 valence electrons. The van der Waals surface area contributed by atoms with E-state index in [0.717, 1.165) is 12.0 Å². The van der Waals surface area contributed by atoms with Gasteiger partial charge in [-0.3, -0.25) is 0 Å². The Bertz CT molecular complexity index is 440. The summed E-state index contributed by atoms with van der Waals surface area (Å²) in [6, 6.07) is 5.39. The van der Waals surface area contributed by atoms with Crippen LogP contribution in [0.3, 0.4) is 0 Å². The van der Waals surface area contributed by atoms with E-state index < -0.39 is 0 Å². The third kappa shape index (κ3) is 2.56. The Morgan fingerprint density at radius 2 is 2.05 bits per heavy atom. The van der Waals surface area contributed by atoms with E-state index in [1.165, 1.54) is 56.5 Å². The monoisotopic (exact) mass is 273 g/mol. The van der Waals surface area contributed by atoms with Crippen LogP contribution >= 0.6 is 0 Å². The second-order valence-electron chi connectivity index (χ2n) is 6.37. The molecule has 3 nitrogen and oxygen atoms in total. The number of rotatable bonds is 4. The normalized spacial score (nSPS) is 25.3. The van der Waals surface area contributed by atoms with Gasteiger partial charge in [-0.15, -0.1) is 0 Å². The van der Waals surface area contributed by atoms with Crippen molar-refractivity contribution in [2.45, 2.75) is 57.5 Å². The minimum Gasteiger partial charge on any atom is -0.353 e. The van der Waals surface area contributed by atoms with E-state index in [1.54, 1.807) is 0 Å². The molecule has 1 aliphatic carbocycles. The standard InChI is InChI=1S/C17H27N3/c1-13(18-2)15-9-5-11-19-17(15)20-12-6-10-16(20)14-7-3-4-8-14/h5,9,11,13-14,16,18H,3-4,6-8,10,12H2,1-2H3. The molecule has 0 bridgehead atoms. The summed E-state index contributed by atoms with van der Waals surface area (Å²) in [4.78, 5) is 7.35. The molecule has 3 rings (SSSR count). The van der Waals surface area contributed by atoms with E-state index in [4.69, 9.17) is 4.98 Å². The Hall–Kier alpha value is -1.09. The van der Waals surface area contributed by atoms with E-state index >= 15 is 0 Å². The fourth-order valence-electron chi connectivity index (χ4n) is 4.03. The molecule has 1 aromatic heterocycles. The van der Waals surface area contributed by atoms with Gasteiger partial charge in [0.05, 0.1) is 0 Å². The first-order chi connectivity index (χ1) is 9.81. The lowest BCUT2D eigenvalue weighted by molar-refractivity contribution is 0.428. The molecule has 2 fully saturated rings. The second kappa shape index (κ2) is 6.13. The fourth-order valence-corrected chi connectivity index (χ4v) is 4.03. The van der Waals surface area contributed by atoms with Crippen LogP contribution in [0.15, 0.2) is 18.3 Å². The lowest BCUT2D eigenvalue weighted by atomic mass is 9.95. The van der Waals surface area contributed by atoms with Crippen LogP contribution in [0.2, 0.25) is 0 Å². The van der Waals surface area contributed by atoms with Crippen LogP contribution < -0.4 is 10.2 Å². The van der Waals surface area contributed by atoms with Gasteiger partial charge in [-0.1, -0.05) is 18.9 Å². The van der Waals surface area contributed by atoms with Gasteiger partial charge in [0.2, 0.25) is 0 Å². The zero-order valence-corrected chi connectivity index (χ0v) is 12.8. The third-order valence-electron chi connectivity index (χ3n) is 5.23. The zero-order valence-electron chi connectivity index (χ0n) is 12.8. The quantitative estimate of drug-likeness (QED) is 0.909.